The van der Waals surface area contributed by atoms with E-state index in [-0.39, 0.29) is 17.9 Å². The second-order valence-electron chi connectivity index (χ2n) is 9.87. The topological polar surface area (TPSA) is 90.9 Å². The van der Waals surface area contributed by atoms with E-state index in [0.717, 1.165) is 57.0 Å². The van der Waals surface area contributed by atoms with Crippen LogP contribution >= 0.6 is 0 Å². The van der Waals surface area contributed by atoms with Gasteiger partial charge in [-0.2, -0.15) is 0 Å². The van der Waals surface area contributed by atoms with Gasteiger partial charge in [0.15, 0.2) is 0 Å². The molecule has 2 amide bonds. The highest BCUT2D eigenvalue weighted by atomic mass is 19.1. The van der Waals surface area contributed by atoms with Gasteiger partial charge in [0.25, 0.3) is 5.91 Å². The number of terminal acetylenes is 1. The first-order chi connectivity index (χ1) is 21.5. The number of nitrogens with one attached hydrogen (secondary N) is 2. The first-order valence-electron chi connectivity index (χ1n) is 15.5. The van der Waals surface area contributed by atoms with Crippen molar-refractivity contribution in [1.29, 1.82) is 0 Å². The van der Waals surface area contributed by atoms with Gasteiger partial charge in [-0.05, 0) is 91.1 Å². The summed E-state index contributed by atoms with van der Waals surface area (Å²) in [4.78, 5) is 26.3. The molecule has 0 aromatic heterocycles. The molecule has 1 aromatic rings. The molecule has 7 nitrogen and oxygen atoms in total. The van der Waals surface area contributed by atoms with Crippen molar-refractivity contribution in [3.8, 4) is 18.6 Å². The Balaban J connectivity index is -0.000000363. The van der Waals surface area contributed by atoms with Crippen LogP contribution < -0.4 is 20.3 Å². The van der Waals surface area contributed by atoms with Gasteiger partial charge in [-0.3, -0.25) is 9.59 Å². The van der Waals surface area contributed by atoms with Crippen molar-refractivity contribution in [2.45, 2.75) is 93.1 Å². The number of halogens is 2. The van der Waals surface area contributed by atoms with Crippen LogP contribution in [-0.2, 0) is 4.79 Å². The first kappa shape index (κ1) is 48.4. The van der Waals surface area contributed by atoms with E-state index in [9.17, 15) is 18.4 Å². The molecule has 1 aliphatic heterocycles. The predicted octanol–water partition coefficient (Wildman–Crippen LogP) is 7.96. The largest absolute Gasteiger partial charge is 0.491 e. The number of nitrogens with zero attached hydrogens (tertiary/aromatic N) is 1. The Bertz CT molecular complexity index is 943. The molecule has 0 spiro atoms. The van der Waals surface area contributed by atoms with E-state index in [0.29, 0.717) is 37.4 Å². The number of aliphatic hydroxyl groups is 1. The van der Waals surface area contributed by atoms with Gasteiger partial charge in [0.05, 0.1) is 11.9 Å². The number of benzene rings is 1. The summed E-state index contributed by atoms with van der Waals surface area (Å²) in [6, 6.07) is 5.37. The lowest BCUT2D eigenvalue weighted by molar-refractivity contribution is -0.117. The summed E-state index contributed by atoms with van der Waals surface area (Å²) in [5, 5.41) is 14.1. The third-order valence-electron chi connectivity index (χ3n) is 5.34. The van der Waals surface area contributed by atoms with Crippen LogP contribution in [0, 0.1) is 12.8 Å². The second-order valence-corrected chi connectivity index (χ2v) is 9.87. The zero-order valence-electron chi connectivity index (χ0n) is 29.0. The third kappa shape index (κ3) is 30.3. The summed E-state index contributed by atoms with van der Waals surface area (Å²) < 4.78 is 28.0. The number of alkyl halides is 1. The van der Waals surface area contributed by atoms with Gasteiger partial charge in [-0.25, -0.2) is 8.78 Å². The van der Waals surface area contributed by atoms with Gasteiger partial charge >= 0.3 is 0 Å². The predicted molar refractivity (Wildman–Crippen MR) is 188 cm³/mol. The quantitative estimate of drug-likeness (QED) is 0.116. The van der Waals surface area contributed by atoms with E-state index in [1.54, 1.807) is 17.0 Å². The number of amides is 2. The van der Waals surface area contributed by atoms with Crippen LogP contribution in [0.1, 0.15) is 97.3 Å². The maximum Gasteiger partial charge on any atom is 0.251 e. The van der Waals surface area contributed by atoms with Gasteiger partial charge in [-0.15, -0.1) is 32.6 Å². The maximum atomic E-state index is 12.5. The number of carbonyl (C=O) groups excluding carboxylic acids is 2. The van der Waals surface area contributed by atoms with Gasteiger partial charge in [0, 0.05) is 43.4 Å². The molecule has 1 aromatic carbocycles. The lowest BCUT2D eigenvalue weighted by atomic mass is 10.1. The molecule has 1 aliphatic rings. The number of hydrogen-bond donors (Lipinski definition) is 3. The fraction of sp³-hybridized carbons (Fsp3) is 0.556. The van der Waals surface area contributed by atoms with Crippen LogP contribution in [0.25, 0.3) is 0 Å². The average molecular weight is 638 g/mol. The van der Waals surface area contributed by atoms with Crippen molar-refractivity contribution >= 4 is 17.5 Å². The molecule has 0 saturated carbocycles. The Hall–Kier alpha value is -3.48. The Labute approximate surface area is 273 Å². The standard InChI is InChI=1S/C20H31N3O3.C5H10.C4H6F2.C3H8O.C2H4.C2H2/c1-4-8-21-9-6-10-22-20(25)16-12-17(23-11-5-7-19(23)24)14-18(13-16)26-15(2)3;1-4-5(2)3;1-4(6)2-3-5;1-2-3-4;2*1-2/h12-15,21H,4-11H2,1-3H3,(H,22,25);2,4H2,1,3H3;2H,3H2,1H3;4H,2-3H2,1H3;1-2H2;1-2H/b;;4-2+;;;. The van der Waals surface area contributed by atoms with Crippen molar-refractivity contribution in [3.63, 3.8) is 0 Å². The van der Waals surface area contributed by atoms with Crippen molar-refractivity contribution in [2.75, 3.05) is 44.4 Å². The number of hydrogen-bond acceptors (Lipinski definition) is 5. The fourth-order valence-electron chi connectivity index (χ4n) is 3.06. The molecule has 0 atom stereocenters. The Morgan fingerprint density at radius 1 is 1.11 bits per heavy atom. The summed E-state index contributed by atoms with van der Waals surface area (Å²) in [5.41, 5.74) is 2.52. The van der Waals surface area contributed by atoms with Crippen LogP contribution in [0.4, 0.5) is 14.5 Å². The molecule has 0 unspecified atom stereocenters. The first-order valence-corrected chi connectivity index (χ1v) is 15.5. The molecule has 258 valence electrons. The molecule has 0 aliphatic carbocycles. The van der Waals surface area contributed by atoms with E-state index in [4.69, 9.17) is 9.84 Å². The molecule has 0 radical (unpaired) electrons. The summed E-state index contributed by atoms with van der Waals surface area (Å²) in [6.07, 6.45) is 14.3. The highest BCUT2D eigenvalue weighted by molar-refractivity contribution is 5.99. The molecule has 1 saturated heterocycles. The molecule has 45 heavy (non-hydrogen) atoms. The minimum atomic E-state index is -0.706. The number of anilines is 1. The summed E-state index contributed by atoms with van der Waals surface area (Å²) in [5.74, 6) is 0.118. The normalized spacial score (nSPS) is 11.4. The molecular weight excluding hydrogens is 576 g/mol. The molecule has 1 fully saturated rings. The third-order valence-corrected chi connectivity index (χ3v) is 5.34. The average Bonchev–Trinajstić information content (AvgIpc) is 3.46. The Kier molecular flexibility index (Phi) is 37.7. The smallest absolute Gasteiger partial charge is 0.251 e. The van der Waals surface area contributed by atoms with E-state index >= 15 is 0 Å². The fourth-order valence-corrected chi connectivity index (χ4v) is 3.06. The number of carbonyl (C=O) groups is 2. The number of aliphatic hydroxyl groups excluding tert-OH is 1. The van der Waals surface area contributed by atoms with Crippen LogP contribution in [0.5, 0.6) is 5.75 Å². The molecule has 9 heteroatoms. The highest BCUT2D eigenvalue weighted by Crippen LogP contribution is 2.28. The Morgan fingerprint density at radius 3 is 2.07 bits per heavy atom. The Morgan fingerprint density at radius 2 is 1.69 bits per heavy atom. The summed E-state index contributed by atoms with van der Waals surface area (Å²) in [7, 11) is 0. The SMILES string of the molecule is C#C.C/C(F)=C\CF.C=C.C=C(C)CC.CCCNCCCNC(=O)c1cc(OC(C)C)cc(N2CCCC2=O)c1.CCCO. The minimum absolute atomic E-state index is 0.0000749. The van der Waals surface area contributed by atoms with Crippen molar-refractivity contribution in [1.82, 2.24) is 10.6 Å². The van der Waals surface area contributed by atoms with Crippen LogP contribution in [0.15, 0.2) is 55.4 Å². The van der Waals surface area contributed by atoms with Crippen LogP contribution in [0.3, 0.4) is 0 Å². The van der Waals surface area contributed by atoms with Gasteiger partial charge in [0.1, 0.15) is 12.4 Å². The minimum Gasteiger partial charge on any atom is -0.491 e. The molecule has 1 heterocycles. The van der Waals surface area contributed by atoms with Crippen LogP contribution in [0.2, 0.25) is 0 Å². The lowest BCUT2D eigenvalue weighted by Crippen LogP contribution is -2.28. The molecule has 2 rings (SSSR count). The van der Waals surface area contributed by atoms with Crippen molar-refractivity contribution in [3.05, 3.63) is 61.0 Å². The monoisotopic (exact) mass is 637 g/mol. The van der Waals surface area contributed by atoms with Gasteiger partial charge < -0.3 is 25.4 Å². The van der Waals surface area contributed by atoms with Crippen molar-refractivity contribution < 1.29 is 28.2 Å². The molecular formula is C36H61F2N3O4. The molecule has 3 N–H and O–H groups in total. The molecule has 0 bridgehead atoms. The van der Waals surface area contributed by atoms with E-state index in [1.165, 1.54) is 12.5 Å². The van der Waals surface area contributed by atoms with E-state index < -0.39 is 12.5 Å². The van der Waals surface area contributed by atoms with E-state index in [1.807, 2.05) is 33.8 Å². The van der Waals surface area contributed by atoms with Crippen LogP contribution in [-0.4, -0.2) is 62.5 Å². The number of allylic oxidation sites excluding steroid dienone is 3. The van der Waals surface area contributed by atoms with Gasteiger partial charge in [-0.1, -0.05) is 26.3 Å². The highest BCUT2D eigenvalue weighted by Gasteiger charge is 2.23. The van der Waals surface area contributed by atoms with E-state index in [2.05, 4.69) is 57.1 Å². The van der Waals surface area contributed by atoms with Gasteiger partial charge in [0.2, 0.25) is 5.91 Å². The lowest BCUT2D eigenvalue weighted by Gasteiger charge is -2.19. The number of ether oxygens (including phenoxy) is 1. The summed E-state index contributed by atoms with van der Waals surface area (Å²) in [6.45, 7) is 25.7. The van der Waals surface area contributed by atoms with Crippen molar-refractivity contribution in [2.24, 2.45) is 0 Å². The zero-order chi connectivity index (χ0) is 35.6. The maximum absolute atomic E-state index is 12.5. The second kappa shape index (κ2) is 35.0. The zero-order valence-corrected chi connectivity index (χ0v) is 29.0. The number of rotatable bonds is 13. The summed E-state index contributed by atoms with van der Waals surface area (Å²) >= 11 is 0.